The summed E-state index contributed by atoms with van der Waals surface area (Å²) in [6.45, 7) is 2.78. The molecule has 1 fully saturated rings. The van der Waals surface area contributed by atoms with Crippen molar-refractivity contribution in [1.29, 1.82) is 0 Å². The van der Waals surface area contributed by atoms with Crippen LogP contribution in [0.1, 0.15) is 23.2 Å². The molecule has 0 aliphatic carbocycles. The second kappa shape index (κ2) is 6.48. The number of hydrogen-bond acceptors (Lipinski definition) is 3. The average Bonchev–Trinajstić information content (AvgIpc) is 2.59. The van der Waals surface area contributed by atoms with Gasteiger partial charge in [-0.15, -0.1) is 0 Å². The van der Waals surface area contributed by atoms with Gasteiger partial charge in [-0.05, 0) is 6.42 Å². The first-order valence-corrected chi connectivity index (χ1v) is 6.71. The van der Waals surface area contributed by atoms with Crippen LogP contribution in [0, 0.1) is 0 Å². The van der Waals surface area contributed by atoms with E-state index in [1.807, 2.05) is 37.4 Å². The molecule has 1 aromatic carbocycles. The van der Waals surface area contributed by atoms with Crippen LogP contribution in [-0.2, 0) is 4.79 Å². The largest absolute Gasteiger partial charge is 0.345 e. The van der Waals surface area contributed by atoms with E-state index >= 15 is 0 Å². The molecule has 102 valence electrons. The summed E-state index contributed by atoms with van der Waals surface area (Å²) < 4.78 is 0. The summed E-state index contributed by atoms with van der Waals surface area (Å²) in [5.74, 6) is 0.287. The van der Waals surface area contributed by atoms with Gasteiger partial charge in [0.2, 0.25) is 5.91 Å². The predicted molar refractivity (Wildman–Crippen MR) is 74.1 cm³/mol. The smallest absolute Gasteiger partial charge is 0.236 e. The molecule has 1 amide bonds. The van der Waals surface area contributed by atoms with Gasteiger partial charge in [-0.3, -0.25) is 14.5 Å². The van der Waals surface area contributed by atoms with Gasteiger partial charge in [-0.1, -0.05) is 30.3 Å². The van der Waals surface area contributed by atoms with Crippen molar-refractivity contribution in [2.75, 3.05) is 33.2 Å². The lowest BCUT2D eigenvalue weighted by Gasteiger charge is -2.18. The molecule has 1 saturated heterocycles. The number of benzene rings is 1. The Morgan fingerprint density at radius 2 is 1.95 bits per heavy atom. The Balaban J connectivity index is 1.85. The quantitative estimate of drug-likeness (QED) is 0.769. The molecule has 0 spiro atoms. The van der Waals surface area contributed by atoms with Crippen molar-refractivity contribution in [1.82, 2.24) is 9.80 Å². The first-order valence-electron chi connectivity index (χ1n) is 6.71. The molecule has 19 heavy (non-hydrogen) atoms. The zero-order chi connectivity index (χ0) is 13.7. The third-order valence-electron chi connectivity index (χ3n) is 3.50. The molecule has 0 unspecified atom stereocenters. The molecule has 4 heteroatoms. The maximum atomic E-state index is 12.0. The molecule has 1 aliphatic heterocycles. The van der Waals surface area contributed by atoms with Gasteiger partial charge in [0.25, 0.3) is 0 Å². The van der Waals surface area contributed by atoms with Crippen LogP contribution >= 0.6 is 0 Å². The molecule has 1 aliphatic rings. The monoisotopic (exact) mass is 260 g/mol. The van der Waals surface area contributed by atoms with Gasteiger partial charge < -0.3 is 4.90 Å². The number of carbonyl (C=O) groups is 2. The van der Waals surface area contributed by atoms with Gasteiger partial charge in [-0.25, -0.2) is 0 Å². The second-order valence-electron chi connectivity index (χ2n) is 4.98. The summed E-state index contributed by atoms with van der Waals surface area (Å²) in [5.41, 5.74) is 0.751. The van der Waals surface area contributed by atoms with E-state index in [1.54, 1.807) is 4.90 Å². The van der Waals surface area contributed by atoms with Crippen LogP contribution in [0.15, 0.2) is 30.3 Å². The summed E-state index contributed by atoms with van der Waals surface area (Å²) in [4.78, 5) is 27.6. The Morgan fingerprint density at radius 3 is 2.68 bits per heavy atom. The number of nitrogens with zero attached hydrogens (tertiary/aromatic N) is 2. The minimum absolute atomic E-state index is 0.143. The van der Waals surface area contributed by atoms with Crippen LogP contribution in [0.25, 0.3) is 0 Å². The Hall–Kier alpha value is -1.68. The number of carbonyl (C=O) groups excluding carboxylic acids is 2. The van der Waals surface area contributed by atoms with Crippen LogP contribution in [0.3, 0.4) is 0 Å². The molecular formula is C15H20N2O2. The Kier molecular flexibility index (Phi) is 4.68. The average molecular weight is 260 g/mol. The number of rotatable bonds is 4. The molecule has 0 radical (unpaired) electrons. The standard InChI is InChI=1S/C15H20N2O2/c1-16-9-5-10-17(12-15(16)19)11-8-14(18)13-6-3-2-4-7-13/h2-4,6-7H,5,8-12H2,1H3. The lowest BCUT2D eigenvalue weighted by atomic mass is 10.1. The summed E-state index contributed by atoms with van der Waals surface area (Å²) in [6.07, 6.45) is 1.45. The summed E-state index contributed by atoms with van der Waals surface area (Å²) in [7, 11) is 1.83. The fourth-order valence-electron chi connectivity index (χ4n) is 2.27. The highest BCUT2D eigenvalue weighted by Crippen LogP contribution is 2.07. The van der Waals surface area contributed by atoms with Gasteiger partial charge >= 0.3 is 0 Å². The van der Waals surface area contributed by atoms with Crippen molar-refractivity contribution < 1.29 is 9.59 Å². The van der Waals surface area contributed by atoms with Gasteiger partial charge in [0, 0.05) is 38.7 Å². The molecule has 0 bridgehead atoms. The van der Waals surface area contributed by atoms with E-state index in [1.165, 1.54) is 0 Å². The maximum Gasteiger partial charge on any atom is 0.236 e. The third-order valence-corrected chi connectivity index (χ3v) is 3.50. The lowest BCUT2D eigenvalue weighted by molar-refractivity contribution is -0.129. The van der Waals surface area contributed by atoms with Crippen LogP contribution in [0.5, 0.6) is 0 Å². The van der Waals surface area contributed by atoms with E-state index in [2.05, 4.69) is 4.90 Å². The SMILES string of the molecule is CN1CCCN(CCC(=O)c2ccccc2)CC1=O. The molecular weight excluding hydrogens is 240 g/mol. The van der Waals surface area contributed by atoms with E-state index in [4.69, 9.17) is 0 Å². The van der Waals surface area contributed by atoms with E-state index in [0.717, 1.165) is 25.1 Å². The molecule has 0 aromatic heterocycles. The number of ketones is 1. The van der Waals surface area contributed by atoms with Gasteiger partial charge in [-0.2, -0.15) is 0 Å². The predicted octanol–water partition coefficient (Wildman–Crippen LogP) is 1.42. The fourth-order valence-corrected chi connectivity index (χ4v) is 2.27. The number of Topliss-reactive ketones (excluding diaryl/α,β-unsaturated/α-hetero) is 1. The van der Waals surface area contributed by atoms with Gasteiger partial charge in [0.1, 0.15) is 0 Å². The molecule has 4 nitrogen and oxygen atoms in total. The van der Waals surface area contributed by atoms with Crippen LogP contribution in [0.2, 0.25) is 0 Å². The number of likely N-dealkylation sites (N-methyl/N-ethyl adjacent to an activating group) is 1. The number of amides is 1. The maximum absolute atomic E-state index is 12.0. The van der Waals surface area contributed by atoms with Crippen LogP contribution < -0.4 is 0 Å². The van der Waals surface area contributed by atoms with Gasteiger partial charge in [0.15, 0.2) is 5.78 Å². The summed E-state index contributed by atoms with van der Waals surface area (Å²) in [6, 6.07) is 9.32. The Labute approximate surface area is 114 Å². The zero-order valence-corrected chi connectivity index (χ0v) is 11.3. The van der Waals surface area contributed by atoms with Crippen LogP contribution in [-0.4, -0.2) is 54.7 Å². The first-order chi connectivity index (χ1) is 9.16. The Bertz CT molecular complexity index is 445. The minimum atomic E-state index is 0.143. The zero-order valence-electron chi connectivity index (χ0n) is 11.3. The van der Waals surface area contributed by atoms with E-state index in [-0.39, 0.29) is 11.7 Å². The van der Waals surface area contributed by atoms with Gasteiger partial charge in [0.05, 0.1) is 6.54 Å². The van der Waals surface area contributed by atoms with Crippen LogP contribution in [0.4, 0.5) is 0 Å². The third kappa shape index (κ3) is 3.89. The highest BCUT2D eigenvalue weighted by atomic mass is 16.2. The molecule has 0 saturated carbocycles. The van der Waals surface area contributed by atoms with E-state index in [9.17, 15) is 9.59 Å². The summed E-state index contributed by atoms with van der Waals surface area (Å²) >= 11 is 0. The lowest BCUT2D eigenvalue weighted by Crippen LogP contribution is -2.35. The fraction of sp³-hybridized carbons (Fsp3) is 0.467. The van der Waals surface area contributed by atoms with Crippen molar-refractivity contribution >= 4 is 11.7 Å². The molecule has 0 N–H and O–H groups in total. The Morgan fingerprint density at radius 1 is 1.21 bits per heavy atom. The van der Waals surface area contributed by atoms with E-state index < -0.39 is 0 Å². The van der Waals surface area contributed by atoms with Crippen molar-refractivity contribution in [3.05, 3.63) is 35.9 Å². The molecule has 1 aromatic rings. The van der Waals surface area contributed by atoms with Crippen molar-refractivity contribution in [3.8, 4) is 0 Å². The topological polar surface area (TPSA) is 40.6 Å². The molecule has 0 atom stereocenters. The van der Waals surface area contributed by atoms with Crippen molar-refractivity contribution in [3.63, 3.8) is 0 Å². The number of hydrogen-bond donors (Lipinski definition) is 0. The minimum Gasteiger partial charge on any atom is -0.345 e. The first kappa shape index (κ1) is 13.7. The van der Waals surface area contributed by atoms with Crippen molar-refractivity contribution in [2.24, 2.45) is 0 Å². The highest BCUT2D eigenvalue weighted by Gasteiger charge is 2.19. The normalized spacial score (nSPS) is 17.3. The van der Waals surface area contributed by atoms with Crippen molar-refractivity contribution in [2.45, 2.75) is 12.8 Å². The molecule has 1 heterocycles. The molecule has 2 rings (SSSR count). The second-order valence-corrected chi connectivity index (χ2v) is 4.98. The summed E-state index contributed by atoms with van der Waals surface area (Å²) in [5, 5.41) is 0. The van der Waals surface area contributed by atoms with E-state index in [0.29, 0.717) is 19.5 Å². The highest BCUT2D eigenvalue weighted by molar-refractivity contribution is 5.96.